The van der Waals surface area contributed by atoms with Crippen molar-refractivity contribution in [2.24, 2.45) is 0 Å². The van der Waals surface area contributed by atoms with Gasteiger partial charge in [0.05, 0.1) is 18.3 Å². The summed E-state index contributed by atoms with van der Waals surface area (Å²) in [7, 11) is 2.14. The molecule has 0 aliphatic carbocycles. The van der Waals surface area contributed by atoms with Crippen LogP contribution in [0.3, 0.4) is 0 Å². The number of hydrogen-bond donors (Lipinski definition) is 0. The molecule has 2 rings (SSSR count). The Labute approximate surface area is 119 Å². The second-order valence-electron chi connectivity index (χ2n) is 5.08. The Hall–Kier alpha value is -0.940. The molecule has 0 radical (unpaired) electrons. The molecule has 0 spiro atoms. The van der Waals surface area contributed by atoms with E-state index >= 15 is 0 Å². The van der Waals surface area contributed by atoms with E-state index in [-0.39, 0.29) is 0 Å². The van der Waals surface area contributed by atoms with E-state index in [0.29, 0.717) is 0 Å². The fourth-order valence-corrected chi connectivity index (χ4v) is 2.77. The quantitative estimate of drug-likeness (QED) is 0.719. The second kappa shape index (κ2) is 7.60. The van der Waals surface area contributed by atoms with Gasteiger partial charge in [-0.2, -0.15) is 4.37 Å². The van der Waals surface area contributed by atoms with Gasteiger partial charge in [-0.05, 0) is 25.5 Å². The fourth-order valence-electron chi connectivity index (χ4n) is 2.23. The highest BCUT2D eigenvalue weighted by molar-refractivity contribution is 6.99. The molecule has 0 bridgehead atoms. The smallest absolute Gasteiger partial charge is 0.253 e. The minimum atomic E-state index is 0.725. The predicted molar refractivity (Wildman–Crippen MR) is 79.6 cm³/mol. The van der Waals surface area contributed by atoms with Crippen LogP contribution in [0.1, 0.15) is 44.7 Å². The van der Waals surface area contributed by atoms with Crippen molar-refractivity contribution in [2.45, 2.75) is 39.0 Å². The average molecular weight is 280 g/mol. The highest BCUT2D eigenvalue weighted by Crippen LogP contribution is 2.27. The van der Waals surface area contributed by atoms with Crippen molar-refractivity contribution in [1.29, 1.82) is 0 Å². The minimum absolute atomic E-state index is 0.725. The van der Waals surface area contributed by atoms with Crippen LogP contribution in [0.25, 0.3) is 5.57 Å². The lowest BCUT2D eigenvalue weighted by Crippen LogP contribution is -2.25. The van der Waals surface area contributed by atoms with Crippen molar-refractivity contribution in [1.82, 2.24) is 13.6 Å². The van der Waals surface area contributed by atoms with Crippen LogP contribution in [0.2, 0.25) is 0 Å². The van der Waals surface area contributed by atoms with Gasteiger partial charge in [0.15, 0.2) is 0 Å². The Morgan fingerprint density at radius 1 is 1.32 bits per heavy atom. The van der Waals surface area contributed by atoms with Crippen molar-refractivity contribution >= 4 is 17.3 Å². The van der Waals surface area contributed by atoms with E-state index in [1.807, 2.05) is 0 Å². The van der Waals surface area contributed by atoms with E-state index in [1.165, 1.54) is 36.6 Å². The van der Waals surface area contributed by atoms with Crippen LogP contribution in [0, 0.1) is 0 Å². The summed E-state index contributed by atoms with van der Waals surface area (Å²) in [4.78, 5) is 2.31. The first-order valence-corrected chi connectivity index (χ1v) is 7.87. The molecule has 0 saturated heterocycles. The number of unbranched alkanes of at least 4 members (excludes halogenated alkanes) is 3. The minimum Gasteiger partial charge on any atom is -0.475 e. The number of aromatic nitrogens is 2. The molecule has 0 aromatic carbocycles. The average Bonchev–Trinajstić information content (AvgIpc) is 2.87. The Morgan fingerprint density at radius 3 is 3.00 bits per heavy atom. The zero-order chi connectivity index (χ0) is 13.5. The molecule has 1 aliphatic rings. The summed E-state index contributed by atoms with van der Waals surface area (Å²) in [6, 6.07) is 0. The number of likely N-dealkylation sites (N-methyl/N-ethyl adjacent to an activating group) is 1. The lowest BCUT2D eigenvalue weighted by Gasteiger charge is -2.22. The normalized spacial score (nSPS) is 16.4. The zero-order valence-electron chi connectivity index (χ0n) is 11.9. The van der Waals surface area contributed by atoms with E-state index in [9.17, 15) is 0 Å². The summed E-state index contributed by atoms with van der Waals surface area (Å²) in [5.74, 6) is 0.725. The molecule has 0 atom stereocenters. The fraction of sp³-hybridized carbons (Fsp3) is 0.714. The van der Waals surface area contributed by atoms with Crippen molar-refractivity contribution in [2.75, 3.05) is 26.7 Å². The summed E-state index contributed by atoms with van der Waals surface area (Å²) in [6.07, 6.45) is 8.21. The Morgan fingerprint density at radius 2 is 2.21 bits per heavy atom. The van der Waals surface area contributed by atoms with Crippen LogP contribution in [0.4, 0.5) is 0 Å². The Bertz CT molecular complexity index is 417. The lowest BCUT2D eigenvalue weighted by atomic mass is 10.1. The molecule has 2 heterocycles. The molecule has 1 aromatic heterocycles. The maximum absolute atomic E-state index is 5.79. The third-order valence-corrected chi connectivity index (χ3v) is 3.85. The van der Waals surface area contributed by atoms with Crippen LogP contribution in [0.15, 0.2) is 6.08 Å². The molecule has 106 valence electrons. The van der Waals surface area contributed by atoms with Crippen LogP contribution in [0.5, 0.6) is 5.88 Å². The van der Waals surface area contributed by atoms with E-state index in [4.69, 9.17) is 4.74 Å². The summed E-state index contributed by atoms with van der Waals surface area (Å²) in [5.41, 5.74) is 2.21. The van der Waals surface area contributed by atoms with Crippen LogP contribution in [-0.4, -0.2) is 40.4 Å². The molecule has 0 unspecified atom stereocenters. The van der Waals surface area contributed by atoms with Crippen molar-refractivity contribution in [3.63, 3.8) is 0 Å². The van der Waals surface area contributed by atoms with E-state index in [2.05, 4.69) is 33.7 Å². The molecule has 1 aliphatic heterocycles. The lowest BCUT2D eigenvalue weighted by molar-refractivity contribution is 0.294. The molecule has 4 nitrogen and oxygen atoms in total. The third-order valence-electron chi connectivity index (χ3n) is 3.34. The molecule has 1 aromatic rings. The molecule has 0 amide bonds. The molecule has 5 heteroatoms. The van der Waals surface area contributed by atoms with Gasteiger partial charge < -0.3 is 9.64 Å². The summed E-state index contributed by atoms with van der Waals surface area (Å²) < 4.78 is 14.5. The van der Waals surface area contributed by atoms with Crippen molar-refractivity contribution in [3.8, 4) is 5.88 Å². The third kappa shape index (κ3) is 4.28. The molecule has 0 N–H and O–H groups in total. The Balaban J connectivity index is 1.88. The molecule has 0 fully saturated rings. The van der Waals surface area contributed by atoms with Gasteiger partial charge in [-0.3, -0.25) is 0 Å². The zero-order valence-corrected chi connectivity index (χ0v) is 12.7. The largest absolute Gasteiger partial charge is 0.475 e. The maximum atomic E-state index is 5.79. The molecule has 0 saturated carbocycles. The SMILES string of the molecule is CCCCCCOc1nsnc1C1=CCCN([11CH3])C1. The predicted octanol–water partition coefficient (Wildman–Crippen LogP) is 3.22. The number of ether oxygens (including phenoxy) is 1. The number of nitrogens with zero attached hydrogens (tertiary/aromatic N) is 3. The first kappa shape index (κ1) is 14.5. The van der Waals surface area contributed by atoms with E-state index in [0.717, 1.165) is 44.1 Å². The molecular weight excluding hydrogens is 257 g/mol. The second-order valence-corrected chi connectivity index (χ2v) is 5.61. The molecule has 19 heavy (non-hydrogen) atoms. The topological polar surface area (TPSA) is 38.3 Å². The van der Waals surface area contributed by atoms with Gasteiger partial charge in [0.25, 0.3) is 5.88 Å². The highest BCUT2D eigenvalue weighted by atomic mass is 32.1. The van der Waals surface area contributed by atoms with Gasteiger partial charge in [0, 0.05) is 13.1 Å². The van der Waals surface area contributed by atoms with Gasteiger partial charge in [-0.1, -0.05) is 32.3 Å². The Kier molecular flexibility index (Phi) is 5.79. The highest BCUT2D eigenvalue weighted by Gasteiger charge is 2.18. The van der Waals surface area contributed by atoms with E-state index < -0.39 is 0 Å². The van der Waals surface area contributed by atoms with Crippen LogP contribution < -0.4 is 4.74 Å². The molecular formula is C14H23N3OS. The van der Waals surface area contributed by atoms with Gasteiger partial charge in [-0.15, -0.1) is 4.37 Å². The number of hydrogen-bond acceptors (Lipinski definition) is 5. The van der Waals surface area contributed by atoms with E-state index in [1.54, 1.807) is 0 Å². The van der Waals surface area contributed by atoms with Gasteiger partial charge in [0.2, 0.25) is 0 Å². The standard InChI is InChI=1S/C14H23N3OS/c1-3-4-5-6-10-18-14-13(15-19-16-14)12-8-7-9-17(2)11-12/h8H,3-7,9-11H2,1-2H3/i2-1. The maximum Gasteiger partial charge on any atom is 0.253 e. The van der Waals surface area contributed by atoms with Gasteiger partial charge >= 0.3 is 0 Å². The van der Waals surface area contributed by atoms with Gasteiger partial charge in [-0.25, -0.2) is 0 Å². The first-order chi connectivity index (χ1) is 9.31. The number of rotatable bonds is 7. The summed E-state index contributed by atoms with van der Waals surface area (Å²) in [5, 5.41) is 0. The van der Waals surface area contributed by atoms with Crippen molar-refractivity contribution in [3.05, 3.63) is 11.8 Å². The van der Waals surface area contributed by atoms with Gasteiger partial charge in [0.1, 0.15) is 5.69 Å². The van der Waals surface area contributed by atoms with Crippen LogP contribution >= 0.6 is 11.7 Å². The van der Waals surface area contributed by atoms with Crippen LogP contribution in [-0.2, 0) is 0 Å². The van der Waals surface area contributed by atoms with Crippen molar-refractivity contribution < 1.29 is 4.74 Å². The summed E-state index contributed by atoms with van der Waals surface area (Å²) in [6.45, 7) is 5.03. The summed E-state index contributed by atoms with van der Waals surface area (Å²) >= 11 is 1.25. The monoisotopic (exact) mass is 280 g/mol. The first-order valence-electron chi connectivity index (χ1n) is 7.14.